The highest BCUT2D eigenvalue weighted by molar-refractivity contribution is 6.30. The highest BCUT2D eigenvalue weighted by Crippen LogP contribution is 2.25. The normalized spacial score (nSPS) is 11.1. The van der Waals surface area contributed by atoms with E-state index < -0.39 is 11.8 Å². The van der Waals surface area contributed by atoms with Crippen molar-refractivity contribution in [2.24, 2.45) is 0 Å². The number of esters is 1. The van der Waals surface area contributed by atoms with Gasteiger partial charge in [0, 0.05) is 28.4 Å². The van der Waals surface area contributed by atoms with Crippen molar-refractivity contribution in [3.63, 3.8) is 0 Å². The quantitative estimate of drug-likeness (QED) is 0.296. The Morgan fingerprint density at radius 2 is 1.90 bits per heavy atom. The Hall–Kier alpha value is -3.18. The van der Waals surface area contributed by atoms with E-state index >= 15 is 0 Å². The van der Waals surface area contributed by atoms with E-state index in [9.17, 15) is 14.0 Å². The van der Waals surface area contributed by atoms with Gasteiger partial charge in [0.25, 0.3) is 0 Å². The maximum absolute atomic E-state index is 13.1. The second kappa shape index (κ2) is 9.55. The van der Waals surface area contributed by atoms with Gasteiger partial charge < -0.3 is 9.72 Å². The average Bonchev–Trinajstić information content (AvgIpc) is 3.02. The van der Waals surface area contributed by atoms with Crippen LogP contribution in [-0.4, -0.2) is 23.3 Å². The summed E-state index contributed by atoms with van der Waals surface area (Å²) in [6.45, 7) is 3.79. The summed E-state index contributed by atoms with van der Waals surface area (Å²) < 4.78 is 18.3. The van der Waals surface area contributed by atoms with Gasteiger partial charge in [0.2, 0.25) is 0 Å². The van der Waals surface area contributed by atoms with E-state index in [1.165, 1.54) is 30.3 Å². The Labute approximate surface area is 179 Å². The number of aromatic nitrogens is 1. The van der Waals surface area contributed by atoms with Crippen LogP contribution in [0.2, 0.25) is 5.02 Å². The first-order valence-corrected chi connectivity index (χ1v) is 9.87. The van der Waals surface area contributed by atoms with Crippen LogP contribution in [0, 0.1) is 12.7 Å². The first-order valence-electron chi connectivity index (χ1n) is 9.50. The van der Waals surface area contributed by atoms with Gasteiger partial charge in [-0.2, -0.15) is 0 Å². The predicted molar refractivity (Wildman–Crippen MR) is 116 cm³/mol. The zero-order valence-electron chi connectivity index (χ0n) is 16.7. The lowest BCUT2D eigenvalue weighted by atomic mass is 9.99. The number of nitrogens with one attached hydrogen (secondary N) is 1. The topological polar surface area (TPSA) is 59.2 Å². The molecular weight excluding hydrogens is 405 g/mol. The number of carbonyl (C=O) groups is 2. The molecule has 3 aromatic rings. The second-order valence-corrected chi connectivity index (χ2v) is 7.19. The number of ether oxygens (including phenoxy) is 1. The van der Waals surface area contributed by atoms with E-state index in [0.29, 0.717) is 34.0 Å². The minimum Gasteiger partial charge on any atom is -0.462 e. The molecule has 0 aliphatic rings. The van der Waals surface area contributed by atoms with Crippen molar-refractivity contribution in [1.29, 1.82) is 0 Å². The molecule has 4 nitrogen and oxygen atoms in total. The first kappa shape index (κ1) is 21.5. The van der Waals surface area contributed by atoms with Gasteiger partial charge in [-0.15, -0.1) is 0 Å². The third-order valence-corrected chi connectivity index (χ3v) is 4.84. The molecule has 0 bridgehead atoms. The molecule has 0 saturated carbocycles. The average molecular weight is 426 g/mol. The fourth-order valence-corrected chi connectivity index (χ4v) is 3.44. The molecule has 0 unspecified atom stereocenters. The smallest absolute Gasteiger partial charge is 0.340 e. The third kappa shape index (κ3) is 5.05. The molecule has 0 amide bonds. The molecule has 6 heteroatoms. The number of rotatable bonds is 7. The van der Waals surface area contributed by atoms with Crippen molar-refractivity contribution in [3.8, 4) is 0 Å². The first-order chi connectivity index (χ1) is 14.4. The van der Waals surface area contributed by atoms with Crippen LogP contribution in [0.4, 0.5) is 4.39 Å². The van der Waals surface area contributed by atoms with E-state index in [4.69, 9.17) is 16.3 Å². The molecule has 1 heterocycles. The largest absolute Gasteiger partial charge is 0.462 e. The van der Waals surface area contributed by atoms with Gasteiger partial charge in [0.15, 0.2) is 5.78 Å². The highest BCUT2D eigenvalue weighted by atomic mass is 35.5. The lowest BCUT2D eigenvalue weighted by molar-refractivity contribution is 0.0524. The van der Waals surface area contributed by atoms with Gasteiger partial charge in [-0.1, -0.05) is 23.7 Å². The van der Waals surface area contributed by atoms with Gasteiger partial charge in [0.05, 0.1) is 12.2 Å². The number of aromatic amines is 1. The van der Waals surface area contributed by atoms with E-state index in [-0.39, 0.29) is 12.4 Å². The monoisotopic (exact) mass is 425 g/mol. The van der Waals surface area contributed by atoms with Gasteiger partial charge in [-0.3, -0.25) is 4.79 Å². The number of H-pyrrole nitrogens is 1. The third-order valence-electron chi connectivity index (χ3n) is 4.60. The molecule has 154 valence electrons. The molecule has 30 heavy (non-hydrogen) atoms. The van der Waals surface area contributed by atoms with Crippen LogP contribution < -0.4 is 0 Å². The maximum Gasteiger partial charge on any atom is 0.340 e. The van der Waals surface area contributed by atoms with Gasteiger partial charge in [-0.05, 0) is 73.5 Å². The molecule has 0 spiro atoms. The summed E-state index contributed by atoms with van der Waals surface area (Å²) in [4.78, 5) is 28.2. The Kier molecular flexibility index (Phi) is 6.85. The number of ketones is 1. The number of aryl methyl sites for hydroxylation is 1. The molecule has 0 saturated heterocycles. The van der Waals surface area contributed by atoms with Crippen molar-refractivity contribution in [2.45, 2.75) is 20.3 Å². The molecule has 0 aliphatic heterocycles. The van der Waals surface area contributed by atoms with Crippen LogP contribution in [0.15, 0.2) is 54.6 Å². The minimum atomic E-state index is -0.423. The molecule has 1 aromatic heterocycles. The SMILES string of the molecule is CCOC(=O)c1c(C)[nH]c(/C=C\C(=O)c2ccc(F)cc2)c1Cc1cccc(Cl)c1. The molecular formula is C24H21ClFNO3. The van der Waals surface area contributed by atoms with Crippen molar-refractivity contribution in [2.75, 3.05) is 6.61 Å². The molecule has 0 radical (unpaired) electrons. The van der Waals surface area contributed by atoms with E-state index in [2.05, 4.69) is 4.98 Å². The lowest BCUT2D eigenvalue weighted by Gasteiger charge is -2.07. The Balaban J connectivity index is 1.98. The fraction of sp³-hybridized carbons (Fsp3) is 0.167. The summed E-state index contributed by atoms with van der Waals surface area (Å²) in [5.41, 5.74) is 3.75. The predicted octanol–water partition coefficient (Wildman–Crippen LogP) is 5.78. The van der Waals surface area contributed by atoms with Gasteiger partial charge >= 0.3 is 5.97 Å². The zero-order chi connectivity index (χ0) is 21.7. The summed E-state index contributed by atoms with van der Waals surface area (Å²) in [6.07, 6.45) is 3.46. The molecule has 0 fully saturated rings. The minimum absolute atomic E-state index is 0.258. The van der Waals surface area contributed by atoms with Crippen LogP contribution in [-0.2, 0) is 11.2 Å². The van der Waals surface area contributed by atoms with Crippen molar-refractivity contribution in [3.05, 3.63) is 99.1 Å². The molecule has 0 atom stereocenters. The van der Waals surface area contributed by atoms with Gasteiger partial charge in [0.1, 0.15) is 5.82 Å². The molecule has 2 aromatic carbocycles. The van der Waals surface area contributed by atoms with E-state index in [1.54, 1.807) is 26.0 Å². The van der Waals surface area contributed by atoms with Crippen LogP contribution in [0.25, 0.3) is 6.08 Å². The number of hydrogen-bond donors (Lipinski definition) is 1. The molecule has 0 aliphatic carbocycles. The Morgan fingerprint density at radius 1 is 1.17 bits per heavy atom. The fourth-order valence-electron chi connectivity index (χ4n) is 3.23. The van der Waals surface area contributed by atoms with Crippen LogP contribution in [0.5, 0.6) is 0 Å². The summed E-state index contributed by atoms with van der Waals surface area (Å²) in [5, 5.41) is 0.598. The van der Waals surface area contributed by atoms with E-state index in [0.717, 1.165) is 11.1 Å². The van der Waals surface area contributed by atoms with Gasteiger partial charge in [-0.25, -0.2) is 9.18 Å². The van der Waals surface area contributed by atoms with Crippen molar-refractivity contribution < 1.29 is 18.7 Å². The number of benzene rings is 2. The standard InChI is InChI=1S/C24H21ClFNO3/c1-3-30-24(29)23-15(2)27-21(20(23)14-16-5-4-6-18(25)13-16)11-12-22(28)17-7-9-19(26)10-8-17/h4-13,27H,3,14H2,1-2H3/b12-11-. The van der Waals surface area contributed by atoms with E-state index in [1.807, 2.05) is 18.2 Å². The van der Waals surface area contributed by atoms with Crippen LogP contribution in [0.1, 0.15) is 50.2 Å². The van der Waals surface area contributed by atoms with Crippen LogP contribution in [0.3, 0.4) is 0 Å². The zero-order valence-corrected chi connectivity index (χ0v) is 17.4. The Morgan fingerprint density at radius 3 is 2.57 bits per heavy atom. The number of halogens is 2. The highest BCUT2D eigenvalue weighted by Gasteiger charge is 2.21. The second-order valence-electron chi connectivity index (χ2n) is 6.75. The Bertz CT molecular complexity index is 1100. The number of hydrogen-bond acceptors (Lipinski definition) is 3. The summed E-state index contributed by atoms with van der Waals surface area (Å²) in [6, 6.07) is 12.7. The molecule has 1 N–H and O–H groups in total. The van der Waals surface area contributed by atoms with Crippen LogP contribution >= 0.6 is 11.6 Å². The van der Waals surface area contributed by atoms with Crippen molar-refractivity contribution in [1.82, 2.24) is 4.98 Å². The lowest BCUT2D eigenvalue weighted by Crippen LogP contribution is -2.08. The maximum atomic E-state index is 13.1. The summed E-state index contributed by atoms with van der Waals surface area (Å²) in [5.74, 6) is -1.10. The van der Waals surface area contributed by atoms with Crippen molar-refractivity contribution >= 4 is 29.4 Å². The number of allylic oxidation sites excluding steroid dienone is 1. The summed E-state index contributed by atoms with van der Waals surface area (Å²) >= 11 is 6.11. The summed E-state index contributed by atoms with van der Waals surface area (Å²) in [7, 11) is 0. The number of carbonyl (C=O) groups excluding carboxylic acids is 2. The molecule has 3 rings (SSSR count).